The van der Waals surface area contributed by atoms with Crippen LogP contribution < -0.4 is 4.90 Å². The summed E-state index contributed by atoms with van der Waals surface area (Å²) in [6, 6.07) is 3.91. The van der Waals surface area contributed by atoms with Gasteiger partial charge in [-0.1, -0.05) is 6.08 Å². The van der Waals surface area contributed by atoms with Crippen LogP contribution in [0.3, 0.4) is 0 Å². The minimum Gasteiger partial charge on any atom is -0.465 e. The first-order valence-corrected chi connectivity index (χ1v) is 9.46. The molecule has 134 valence electrons. The van der Waals surface area contributed by atoms with Gasteiger partial charge < -0.3 is 14.4 Å². The third kappa shape index (κ3) is 3.78. The predicted molar refractivity (Wildman–Crippen MR) is 113 cm³/mol. The van der Waals surface area contributed by atoms with Crippen LogP contribution in [0.15, 0.2) is 41.8 Å². The fraction of sp³-hybridized carbons (Fsp3) is 0.167. The number of anilines is 1. The molecule has 0 atom stereocenters. The molecule has 1 aliphatic heterocycles. The maximum atomic E-state index is 12.5. The lowest BCUT2D eigenvalue weighted by atomic mass is 10.1. The lowest BCUT2D eigenvalue weighted by molar-refractivity contribution is -0.139. The SMILES string of the molecule is COC(=O)C1=C(C(=O)OC)N(c2c(I)cc(C#N)c(C)c2I)C=CC=C1. The summed E-state index contributed by atoms with van der Waals surface area (Å²) in [5.41, 5.74) is 2.15. The van der Waals surface area contributed by atoms with Crippen LogP contribution in [0.4, 0.5) is 5.69 Å². The molecule has 0 aliphatic carbocycles. The highest BCUT2D eigenvalue weighted by Crippen LogP contribution is 2.37. The first-order valence-electron chi connectivity index (χ1n) is 7.31. The van der Waals surface area contributed by atoms with E-state index in [2.05, 4.69) is 51.3 Å². The van der Waals surface area contributed by atoms with Gasteiger partial charge in [0.2, 0.25) is 0 Å². The van der Waals surface area contributed by atoms with E-state index in [1.54, 1.807) is 29.3 Å². The lowest BCUT2D eigenvalue weighted by Gasteiger charge is -2.26. The van der Waals surface area contributed by atoms with Gasteiger partial charge >= 0.3 is 11.9 Å². The molecule has 0 bridgehead atoms. The Labute approximate surface area is 178 Å². The summed E-state index contributed by atoms with van der Waals surface area (Å²) in [6.07, 6.45) is 6.53. The molecule has 1 aliphatic rings. The van der Waals surface area contributed by atoms with Gasteiger partial charge in [-0.05, 0) is 75.9 Å². The van der Waals surface area contributed by atoms with Crippen molar-refractivity contribution in [2.45, 2.75) is 6.92 Å². The second kappa shape index (κ2) is 8.68. The van der Waals surface area contributed by atoms with Crippen LogP contribution in [0.25, 0.3) is 0 Å². The van der Waals surface area contributed by atoms with Gasteiger partial charge in [0.1, 0.15) is 5.70 Å². The normalized spacial score (nSPS) is 13.3. The van der Waals surface area contributed by atoms with E-state index in [1.165, 1.54) is 20.3 Å². The van der Waals surface area contributed by atoms with E-state index in [9.17, 15) is 14.9 Å². The molecule has 2 rings (SSSR count). The number of rotatable bonds is 3. The maximum Gasteiger partial charge on any atom is 0.355 e. The summed E-state index contributed by atoms with van der Waals surface area (Å²) in [7, 11) is 2.50. The predicted octanol–water partition coefficient (Wildman–Crippen LogP) is 3.57. The van der Waals surface area contributed by atoms with Crippen molar-refractivity contribution in [3.8, 4) is 6.07 Å². The third-order valence-corrected chi connectivity index (χ3v) is 5.83. The maximum absolute atomic E-state index is 12.5. The number of ether oxygens (including phenoxy) is 2. The summed E-state index contributed by atoms with van der Waals surface area (Å²) in [6.45, 7) is 1.84. The fourth-order valence-electron chi connectivity index (χ4n) is 2.38. The zero-order valence-electron chi connectivity index (χ0n) is 14.2. The third-order valence-electron chi connectivity index (χ3n) is 3.69. The van der Waals surface area contributed by atoms with Gasteiger partial charge in [-0.15, -0.1) is 0 Å². The van der Waals surface area contributed by atoms with Gasteiger partial charge in [0.25, 0.3) is 0 Å². The monoisotopic (exact) mass is 576 g/mol. The largest absolute Gasteiger partial charge is 0.465 e. The molecule has 1 aromatic rings. The molecule has 0 spiro atoms. The average Bonchev–Trinajstić information content (AvgIpc) is 2.86. The number of hydrogen-bond donors (Lipinski definition) is 0. The molecule has 0 saturated heterocycles. The number of hydrogen-bond acceptors (Lipinski definition) is 6. The highest BCUT2D eigenvalue weighted by Gasteiger charge is 2.30. The van der Waals surface area contributed by atoms with Gasteiger partial charge in [-0.2, -0.15) is 5.26 Å². The molecular formula is C18H14I2N2O4. The fourth-order valence-corrected chi connectivity index (χ4v) is 4.58. The van der Waals surface area contributed by atoms with E-state index >= 15 is 0 Å². The van der Waals surface area contributed by atoms with Crippen LogP contribution in [0.2, 0.25) is 0 Å². The number of carbonyl (C=O) groups is 2. The molecule has 8 heteroatoms. The number of esters is 2. The van der Waals surface area contributed by atoms with Crippen molar-refractivity contribution in [2.24, 2.45) is 0 Å². The van der Waals surface area contributed by atoms with Crippen molar-refractivity contribution < 1.29 is 19.1 Å². The van der Waals surface area contributed by atoms with E-state index in [0.717, 1.165) is 12.7 Å². The Morgan fingerprint density at radius 2 is 1.81 bits per heavy atom. The number of nitriles is 1. The zero-order valence-corrected chi connectivity index (χ0v) is 18.5. The van der Waals surface area contributed by atoms with E-state index in [1.807, 2.05) is 6.92 Å². The lowest BCUT2D eigenvalue weighted by Crippen LogP contribution is -2.28. The average molecular weight is 576 g/mol. The van der Waals surface area contributed by atoms with Gasteiger partial charge in [-0.25, -0.2) is 9.59 Å². The number of methoxy groups -OCH3 is 2. The number of benzene rings is 1. The highest BCUT2D eigenvalue weighted by atomic mass is 127. The molecule has 0 radical (unpaired) electrons. The molecule has 6 nitrogen and oxygen atoms in total. The van der Waals surface area contributed by atoms with Crippen molar-refractivity contribution in [3.63, 3.8) is 0 Å². The van der Waals surface area contributed by atoms with Crippen molar-refractivity contribution >= 4 is 62.8 Å². The molecular weight excluding hydrogens is 562 g/mol. The van der Waals surface area contributed by atoms with Crippen LogP contribution in [0.5, 0.6) is 0 Å². The van der Waals surface area contributed by atoms with Gasteiger partial charge in [0.05, 0.1) is 37.1 Å². The molecule has 0 unspecified atom stereocenters. The van der Waals surface area contributed by atoms with Crippen molar-refractivity contribution in [3.05, 3.63) is 60.0 Å². The van der Waals surface area contributed by atoms with E-state index < -0.39 is 11.9 Å². The molecule has 0 fully saturated rings. The Bertz CT molecular complexity index is 911. The minimum absolute atomic E-state index is 0.0456. The van der Waals surface area contributed by atoms with Crippen LogP contribution in [0, 0.1) is 25.4 Å². The molecule has 0 amide bonds. The van der Waals surface area contributed by atoms with Gasteiger partial charge in [-0.3, -0.25) is 0 Å². The summed E-state index contributed by atoms with van der Waals surface area (Å²) in [4.78, 5) is 26.3. The summed E-state index contributed by atoms with van der Waals surface area (Å²) < 4.78 is 11.3. The van der Waals surface area contributed by atoms with Crippen LogP contribution in [0.1, 0.15) is 11.1 Å². The molecule has 0 saturated carbocycles. The van der Waals surface area contributed by atoms with Gasteiger partial charge in [0, 0.05) is 13.3 Å². The molecule has 1 aromatic carbocycles. The quantitative estimate of drug-likeness (QED) is 0.405. The standard InChI is InChI=1S/C18H14I2N2O4/c1-10-11(9-21)8-13(19)16(14(10)20)22-7-5-4-6-12(17(23)25-2)15(22)18(24)26-3/h4-8H,1-3H3. The van der Waals surface area contributed by atoms with Crippen molar-refractivity contribution in [1.82, 2.24) is 0 Å². The smallest absolute Gasteiger partial charge is 0.355 e. The van der Waals surface area contributed by atoms with Crippen LogP contribution >= 0.6 is 45.2 Å². The molecule has 26 heavy (non-hydrogen) atoms. The van der Waals surface area contributed by atoms with Gasteiger partial charge in [0.15, 0.2) is 0 Å². The van der Waals surface area contributed by atoms with Crippen LogP contribution in [-0.4, -0.2) is 26.2 Å². The number of allylic oxidation sites excluding steroid dienone is 2. The van der Waals surface area contributed by atoms with Crippen molar-refractivity contribution in [1.29, 1.82) is 5.26 Å². The molecule has 0 N–H and O–H groups in total. The Hall–Kier alpha value is -1.87. The summed E-state index contributed by atoms with van der Waals surface area (Å²) in [5, 5.41) is 9.30. The molecule has 0 aromatic heterocycles. The number of carbonyl (C=O) groups excluding carboxylic acids is 2. The van der Waals surface area contributed by atoms with E-state index in [0.29, 0.717) is 11.3 Å². The first-order chi connectivity index (χ1) is 12.4. The highest BCUT2D eigenvalue weighted by molar-refractivity contribution is 14.1. The minimum atomic E-state index is -0.671. The number of halogens is 2. The Kier molecular flexibility index (Phi) is 6.82. The summed E-state index contributed by atoms with van der Waals surface area (Å²) in [5.74, 6) is -1.32. The zero-order chi connectivity index (χ0) is 19.4. The summed E-state index contributed by atoms with van der Waals surface area (Å²) >= 11 is 4.23. The van der Waals surface area contributed by atoms with E-state index in [-0.39, 0.29) is 11.3 Å². The first kappa shape index (κ1) is 20.4. The molecule has 1 heterocycles. The van der Waals surface area contributed by atoms with Crippen molar-refractivity contribution in [2.75, 3.05) is 19.1 Å². The number of nitrogens with zero attached hydrogens (tertiary/aromatic N) is 2. The second-order valence-electron chi connectivity index (χ2n) is 5.12. The topological polar surface area (TPSA) is 79.6 Å². The van der Waals surface area contributed by atoms with E-state index in [4.69, 9.17) is 9.47 Å². The van der Waals surface area contributed by atoms with Crippen LogP contribution in [-0.2, 0) is 19.1 Å². The second-order valence-corrected chi connectivity index (χ2v) is 7.36. The Balaban J connectivity index is 2.83. The Morgan fingerprint density at radius 1 is 1.15 bits per heavy atom. The Morgan fingerprint density at radius 3 is 2.38 bits per heavy atom.